The Hall–Kier alpha value is -2.22. The fourth-order valence-corrected chi connectivity index (χ4v) is 6.62. The molecule has 3 aromatic carbocycles. The summed E-state index contributed by atoms with van der Waals surface area (Å²) in [5, 5.41) is 3.60. The first-order chi connectivity index (χ1) is 12.3. The zero-order valence-electron chi connectivity index (χ0n) is 14.5. The lowest BCUT2D eigenvalue weighted by molar-refractivity contribution is -0.134. The first kappa shape index (κ1) is 20.1. The molecule has 3 aromatic rings. The highest BCUT2D eigenvalue weighted by Gasteiger charge is 2.43. The van der Waals surface area contributed by atoms with Gasteiger partial charge in [-0.3, -0.25) is 0 Å². The Kier molecular flexibility index (Phi) is 7.32. The number of carbonyl (C=O) groups excluding carboxylic acids is 1. The quantitative estimate of drug-likeness (QED) is 0.340. The van der Waals surface area contributed by atoms with Gasteiger partial charge in [-0.25, -0.2) is 4.79 Å². The van der Waals surface area contributed by atoms with Crippen molar-refractivity contribution in [1.82, 2.24) is 0 Å². The number of hydrogen-bond donors (Lipinski definition) is 0. The molecule has 0 aliphatic rings. The Morgan fingerprint density at radius 3 is 1.38 bits per heavy atom. The predicted molar refractivity (Wildman–Crippen MR) is 106 cm³/mol. The summed E-state index contributed by atoms with van der Waals surface area (Å²) in [6.07, 6.45) is 1.56. The van der Waals surface area contributed by atoms with Gasteiger partial charge in [-0.1, -0.05) is 54.6 Å². The van der Waals surface area contributed by atoms with Gasteiger partial charge >= 0.3 is 5.97 Å². The molecule has 0 heterocycles. The number of carbonyl (C=O) groups is 1. The first-order valence-electron chi connectivity index (χ1n) is 8.10. The number of methoxy groups -OCH3 is 1. The molecule has 0 bridgehead atoms. The molecule has 4 heteroatoms. The average molecular weight is 427 g/mol. The molecule has 2 nitrogen and oxygen atoms in total. The molecular weight excluding hydrogens is 407 g/mol. The standard InChI is InChI=1S/C22H20O2P.BrH/c1-24-22(23)17-18-25(19-11-5-2-6-12-19,20-13-7-3-8-14-20)21-15-9-4-10-16-21;/h2-18H,1H3;1H/q+1;/p-1. The summed E-state index contributed by atoms with van der Waals surface area (Å²) in [6.45, 7) is 0. The van der Waals surface area contributed by atoms with Crippen molar-refractivity contribution in [3.63, 3.8) is 0 Å². The monoisotopic (exact) mass is 426 g/mol. The van der Waals surface area contributed by atoms with Crippen LogP contribution in [0, 0.1) is 0 Å². The van der Waals surface area contributed by atoms with Crippen molar-refractivity contribution in [2.75, 3.05) is 7.11 Å². The highest BCUT2D eigenvalue weighted by molar-refractivity contribution is 7.98. The van der Waals surface area contributed by atoms with Crippen LogP contribution in [0.15, 0.2) is 103 Å². The maximum absolute atomic E-state index is 11.9. The normalized spacial score (nSPS) is 11.0. The lowest BCUT2D eigenvalue weighted by atomic mass is 10.4. The second-order valence-electron chi connectivity index (χ2n) is 5.57. The smallest absolute Gasteiger partial charge is 0.333 e. The van der Waals surface area contributed by atoms with Crippen LogP contribution in [0.25, 0.3) is 0 Å². The highest BCUT2D eigenvalue weighted by atomic mass is 79.9. The van der Waals surface area contributed by atoms with Gasteiger partial charge in [-0.05, 0) is 36.4 Å². The van der Waals surface area contributed by atoms with Crippen molar-refractivity contribution in [3.8, 4) is 0 Å². The Morgan fingerprint density at radius 1 is 0.731 bits per heavy atom. The number of halogens is 1. The molecule has 0 atom stereocenters. The molecule has 0 unspecified atom stereocenters. The van der Waals surface area contributed by atoms with E-state index >= 15 is 0 Å². The second-order valence-corrected chi connectivity index (χ2v) is 8.86. The van der Waals surface area contributed by atoms with Gasteiger partial charge in [0.15, 0.2) is 0 Å². The van der Waals surface area contributed by atoms with Crippen molar-refractivity contribution >= 4 is 29.1 Å². The molecule has 0 amide bonds. The van der Waals surface area contributed by atoms with Crippen molar-refractivity contribution in [2.24, 2.45) is 0 Å². The van der Waals surface area contributed by atoms with Crippen molar-refractivity contribution in [2.45, 2.75) is 0 Å². The van der Waals surface area contributed by atoms with Gasteiger partial charge in [0.2, 0.25) is 0 Å². The van der Waals surface area contributed by atoms with Gasteiger partial charge in [-0.2, -0.15) is 0 Å². The molecule has 0 saturated carbocycles. The van der Waals surface area contributed by atoms with Crippen LogP contribution < -0.4 is 32.9 Å². The van der Waals surface area contributed by atoms with Crippen molar-refractivity contribution in [1.29, 1.82) is 0 Å². The Bertz CT molecular complexity index is 752. The molecule has 0 saturated heterocycles. The Labute approximate surface area is 165 Å². The van der Waals surface area contributed by atoms with E-state index in [9.17, 15) is 4.79 Å². The molecule has 0 radical (unpaired) electrons. The lowest BCUT2D eigenvalue weighted by Gasteiger charge is -2.23. The van der Waals surface area contributed by atoms with Gasteiger partial charge in [0, 0.05) is 0 Å². The minimum absolute atomic E-state index is 0. The molecule has 0 fully saturated rings. The van der Waals surface area contributed by atoms with Gasteiger partial charge in [-0.15, -0.1) is 0 Å². The molecule has 26 heavy (non-hydrogen) atoms. The Morgan fingerprint density at radius 2 is 1.08 bits per heavy atom. The summed E-state index contributed by atoms with van der Waals surface area (Å²) in [7, 11) is -0.699. The number of hydrogen-bond acceptors (Lipinski definition) is 2. The zero-order valence-corrected chi connectivity index (χ0v) is 16.9. The topological polar surface area (TPSA) is 26.3 Å². The van der Waals surface area contributed by atoms with Gasteiger partial charge < -0.3 is 21.7 Å². The average Bonchev–Trinajstić information content (AvgIpc) is 2.71. The molecule has 0 aliphatic heterocycles. The van der Waals surface area contributed by atoms with E-state index in [1.54, 1.807) is 6.08 Å². The van der Waals surface area contributed by atoms with Crippen LogP contribution in [0.2, 0.25) is 0 Å². The molecule has 0 aromatic heterocycles. The number of ether oxygens (including phenoxy) is 1. The van der Waals surface area contributed by atoms with Crippen molar-refractivity contribution in [3.05, 3.63) is 103 Å². The van der Waals surface area contributed by atoms with E-state index in [0.717, 1.165) is 0 Å². The first-order valence-corrected chi connectivity index (χ1v) is 9.96. The summed E-state index contributed by atoms with van der Waals surface area (Å²) < 4.78 is 4.85. The molecule has 132 valence electrons. The van der Waals surface area contributed by atoms with E-state index in [1.165, 1.54) is 23.0 Å². The summed E-state index contributed by atoms with van der Waals surface area (Å²) in [5.74, 6) is 1.70. The second kappa shape index (κ2) is 9.47. The summed E-state index contributed by atoms with van der Waals surface area (Å²) in [4.78, 5) is 11.9. The highest BCUT2D eigenvalue weighted by Crippen LogP contribution is 2.56. The summed E-state index contributed by atoms with van der Waals surface area (Å²) in [6, 6.07) is 31.1. The fraction of sp³-hybridized carbons (Fsp3) is 0.0455. The van der Waals surface area contributed by atoms with Crippen LogP contribution in [0.4, 0.5) is 0 Å². The third-order valence-electron chi connectivity index (χ3n) is 4.13. The summed E-state index contributed by atoms with van der Waals surface area (Å²) >= 11 is 0. The van der Waals surface area contributed by atoms with Crippen LogP contribution in [0.3, 0.4) is 0 Å². The van der Waals surface area contributed by atoms with Gasteiger partial charge in [0.05, 0.1) is 19.0 Å². The minimum Gasteiger partial charge on any atom is -1.00 e. The lowest BCUT2D eigenvalue weighted by Crippen LogP contribution is -3.00. The van der Waals surface area contributed by atoms with Crippen LogP contribution in [-0.2, 0) is 9.53 Å². The molecule has 0 N–H and O–H groups in total. The van der Waals surface area contributed by atoms with Crippen LogP contribution in [0.1, 0.15) is 0 Å². The van der Waals surface area contributed by atoms with Gasteiger partial charge in [0.1, 0.15) is 23.2 Å². The van der Waals surface area contributed by atoms with Gasteiger partial charge in [0.25, 0.3) is 0 Å². The van der Waals surface area contributed by atoms with Crippen LogP contribution in [0.5, 0.6) is 0 Å². The molecular formula is C22H20BrO2P. The number of benzene rings is 3. The molecule has 0 spiro atoms. The third-order valence-corrected chi connectivity index (χ3v) is 8.06. The molecule has 3 rings (SSSR count). The van der Waals surface area contributed by atoms with Crippen LogP contribution in [-0.4, -0.2) is 13.1 Å². The van der Waals surface area contributed by atoms with E-state index in [0.29, 0.717) is 0 Å². The van der Waals surface area contributed by atoms with E-state index in [1.807, 2.05) is 60.4 Å². The maximum atomic E-state index is 11.9. The van der Waals surface area contributed by atoms with E-state index < -0.39 is 7.26 Å². The fourth-order valence-electron chi connectivity index (χ4n) is 2.94. The van der Waals surface area contributed by atoms with Crippen molar-refractivity contribution < 1.29 is 26.5 Å². The summed E-state index contributed by atoms with van der Waals surface area (Å²) in [5.41, 5.74) is 0. The Balaban J connectivity index is 0.00000243. The van der Waals surface area contributed by atoms with E-state index in [4.69, 9.17) is 4.74 Å². The van der Waals surface area contributed by atoms with Crippen LogP contribution >= 0.6 is 7.26 Å². The SMILES string of the molecule is COC(=O)C=C[P+](c1ccccc1)(c1ccccc1)c1ccccc1.[Br-]. The largest absolute Gasteiger partial charge is 1.00 e. The van der Waals surface area contributed by atoms with E-state index in [2.05, 4.69) is 36.4 Å². The molecule has 0 aliphatic carbocycles. The maximum Gasteiger partial charge on any atom is 0.333 e. The zero-order chi connectivity index (χ0) is 17.5. The van der Waals surface area contributed by atoms with E-state index in [-0.39, 0.29) is 23.0 Å². The minimum atomic E-state index is -2.10. The third kappa shape index (κ3) is 4.12. The number of rotatable bonds is 5. The predicted octanol–water partition coefficient (Wildman–Crippen LogP) is 0.671. The number of esters is 1.